The highest BCUT2D eigenvalue weighted by molar-refractivity contribution is 7.92. The molecule has 0 aliphatic carbocycles. The second-order valence-corrected chi connectivity index (χ2v) is 13.7. The molecule has 1 aliphatic heterocycles. The Kier molecular flexibility index (Phi) is 10.1. The quantitative estimate of drug-likeness (QED) is 0.214. The lowest BCUT2D eigenvalue weighted by Gasteiger charge is -2.38. The van der Waals surface area contributed by atoms with Gasteiger partial charge < -0.3 is 14.7 Å². The van der Waals surface area contributed by atoms with Crippen molar-refractivity contribution < 1.29 is 23.1 Å². The van der Waals surface area contributed by atoms with Gasteiger partial charge in [0, 0.05) is 30.6 Å². The van der Waals surface area contributed by atoms with Crippen LogP contribution in [0.25, 0.3) is 11.1 Å². The molecule has 0 fully saturated rings. The van der Waals surface area contributed by atoms with Gasteiger partial charge in [-0.2, -0.15) is 0 Å². The third kappa shape index (κ3) is 7.68. The molecule has 0 spiro atoms. The maximum atomic E-state index is 13.8. The molecule has 0 unspecified atom stereocenters. The summed E-state index contributed by atoms with van der Waals surface area (Å²) in [5.74, 6) is -0.316. The number of amides is 1. The standard InChI is InChI=1S/C35H38ClN3O5S/c1-24-20-39(25(2)23-40)35(41)31-10-7-11-32(37-45(42,43)30-18-16-29(36)17-19-30)34(31)44-33(24)22-38(3)21-26-12-14-28(15-13-26)27-8-5-4-6-9-27/h4-19,24-25,33,37,40H,20-23H2,1-3H3/t24-,25-,33+/m1/s1. The van der Waals surface area contributed by atoms with E-state index in [2.05, 4.69) is 46.0 Å². The predicted molar refractivity (Wildman–Crippen MR) is 178 cm³/mol. The Morgan fingerprint density at radius 1 is 0.978 bits per heavy atom. The molecule has 8 nitrogen and oxygen atoms in total. The first-order valence-electron chi connectivity index (χ1n) is 14.9. The molecule has 0 aromatic heterocycles. The summed E-state index contributed by atoms with van der Waals surface area (Å²) in [4.78, 5) is 17.6. The zero-order chi connectivity index (χ0) is 32.1. The van der Waals surface area contributed by atoms with Crippen LogP contribution in [0, 0.1) is 5.92 Å². The maximum absolute atomic E-state index is 13.8. The minimum absolute atomic E-state index is 0.0279. The molecule has 0 bridgehead atoms. The van der Waals surface area contributed by atoms with Crippen molar-refractivity contribution in [2.75, 3.05) is 31.5 Å². The number of fused-ring (bicyclic) bond motifs is 1. The van der Waals surface area contributed by atoms with Crippen molar-refractivity contribution in [2.24, 2.45) is 5.92 Å². The fourth-order valence-electron chi connectivity index (χ4n) is 5.48. The van der Waals surface area contributed by atoms with Gasteiger partial charge >= 0.3 is 0 Å². The molecule has 10 heteroatoms. The monoisotopic (exact) mass is 647 g/mol. The predicted octanol–water partition coefficient (Wildman–Crippen LogP) is 6.16. The number of aliphatic hydroxyl groups is 1. The molecule has 1 aliphatic rings. The van der Waals surface area contributed by atoms with Gasteiger partial charge in [-0.1, -0.05) is 79.2 Å². The van der Waals surface area contributed by atoms with Crippen molar-refractivity contribution in [3.05, 3.63) is 113 Å². The molecule has 45 heavy (non-hydrogen) atoms. The summed E-state index contributed by atoms with van der Waals surface area (Å²) in [7, 11) is -2.01. The first-order valence-corrected chi connectivity index (χ1v) is 16.7. The van der Waals surface area contributed by atoms with Gasteiger partial charge in [0.05, 0.1) is 28.8 Å². The van der Waals surface area contributed by atoms with E-state index in [9.17, 15) is 18.3 Å². The van der Waals surface area contributed by atoms with Crippen molar-refractivity contribution in [3.63, 3.8) is 0 Å². The number of nitrogens with zero attached hydrogens (tertiary/aromatic N) is 2. The summed E-state index contributed by atoms with van der Waals surface area (Å²) in [6.07, 6.45) is -0.403. The number of halogens is 1. The summed E-state index contributed by atoms with van der Waals surface area (Å²) in [6.45, 7) is 5.12. The van der Waals surface area contributed by atoms with E-state index in [1.807, 2.05) is 32.2 Å². The van der Waals surface area contributed by atoms with Gasteiger partial charge in [-0.25, -0.2) is 8.42 Å². The number of nitrogens with one attached hydrogen (secondary N) is 1. The molecular weight excluding hydrogens is 610 g/mol. The van der Waals surface area contributed by atoms with Crippen LogP contribution in [-0.4, -0.2) is 68.1 Å². The Labute approximate surface area is 270 Å². The van der Waals surface area contributed by atoms with Crippen molar-refractivity contribution >= 4 is 33.2 Å². The Bertz CT molecular complexity index is 1720. The van der Waals surface area contributed by atoms with Gasteiger partial charge in [-0.3, -0.25) is 14.4 Å². The molecule has 5 rings (SSSR count). The van der Waals surface area contributed by atoms with E-state index in [1.165, 1.54) is 24.3 Å². The highest BCUT2D eigenvalue weighted by Gasteiger charge is 2.35. The fourth-order valence-corrected chi connectivity index (χ4v) is 6.66. The molecule has 0 saturated heterocycles. The molecule has 4 aromatic rings. The van der Waals surface area contributed by atoms with E-state index < -0.39 is 22.2 Å². The van der Waals surface area contributed by atoms with Crippen molar-refractivity contribution in [1.82, 2.24) is 9.80 Å². The van der Waals surface area contributed by atoms with E-state index in [4.69, 9.17) is 16.3 Å². The molecule has 236 valence electrons. The Hall–Kier alpha value is -3.89. The summed E-state index contributed by atoms with van der Waals surface area (Å²) in [6, 6.07) is 28.9. The van der Waals surface area contributed by atoms with Gasteiger partial charge in [0.2, 0.25) is 0 Å². The topological polar surface area (TPSA) is 99.2 Å². The van der Waals surface area contributed by atoms with Crippen LogP contribution in [-0.2, 0) is 16.6 Å². The first kappa shape index (κ1) is 32.5. The SMILES string of the molecule is C[C@@H]1CN([C@H](C)CO)C(=O)c2cccc(NS(=O)(=O)c3ccc(Cl)cc3)c2O[C@H]1CN(C)Cc1ccc(-c2ccccc2)cc1. The molecule has 3 atom stereocenters. The summed E-state index contributed by atoms with van der Waals surface area (Å²) in [5, 5.41) is 10.4. The minimum atomic E-state index is -4.02. The van der Waals surface area contributed by atoms with Gasteiger partial charge in [-0.05, 0) is 67.1 Å². The zero-order valence-electron chi connectivity index (χ0n) is 25.6. The van der Waals surface area contributed by atoms with Gasteiger partial charge in [0.1, 0.15) is 6.10 Å². The number of likely N-dealkylation sites (N-methyl/N-ethyl adjacent to an activating group) is 1. The number of sulfonamides is 1. The van der Waals surface area contributed by atoms with Crippen LogP contribution in [0.4, 0.5) is 5.69 Å². The number of carbonyl (C=O) groups excluding carboxylic acids is 1. The van der Waals surface area contributed by atoms with E-state index in [-0.39, 0.29) is 40.3 Å². The lowest BCUT2D eigenvalue weighted by atomic mass is 9.98. The number of carbonyl (C=O) groups is 1. The van der Waals surface area contributed by atoms with Crippen LogP contribution in [0.5, 0.6) is 5.75 Å². The van der Waals surface area contributed by atoms with Crippen molar-refractivity contribution in [1.29, 1.82) is 0 Å². The van der Waals surface area contributed by atoms with Crippen molar-refractivity contribution in [3.8, 4) is 16.9 Å². The molecule has 1 amide bonds. The molecule has 0 saturated carbocycles. The zero-order valence-corrected chi connectivity index (χ0v) is 27.1. The number of aliphatic hydroxyl groups excluding tert-OH is 1. The van der Waals surface area contributed by atoms with Gasteiger partial charge in [-0.15, -0.1) is 0 Å². The summed E-state index contributed by atoms with van der Waals surface area (Å²) >= 11 is 5.97. The number of rotatable bonds is 10. The van der Waals surface area contributed by atoms with Crippen LogP contribution in [0.15, 0.2) is 102 Å². The Morgan fingerprint density at radius 3 is 2.31 bits per heavy atom. The van der Waals surface area contributed by atoms with Crippen LogP contribution < -0.4 is 9.46 Å². The third-order valence-corrected chi connectivity index (χ3v) is 9.70. The molecule has 1 heterocycles. The van der Waals surface area contributed by atoms with Gasteiger partial charge in [0.25, 0.3) is 15.9 Å². The normalized spacial score (nSPS) is 17.6. The van der Waals surface area contributed by atoms with Crippen LogP contribution >= 0.6 is 11.6 Å². The number of para-hydroxylation sites is 1. The van der Waals surface area contributed by atoms with Crippen molar-refractivity contribution in [2.45, 2.75) is 37.4 Å². The highest BCUT2D eigenvalue weighted by atomic mass is 35.5. The van der Waals surface area contributed by atoms with Gasteiger partial charge in [0.15, 0.2) is 5.75 Å². The number of benzene rings is 4. The first-order chi connectivity index (χ1) is 21.6. The van der Waals surface area contributed by atoms with E-state index in [1.54, 1.807) is 30.0 Å². The number of hydrogen-bond donors (Lipinski definition) is 2. The maximum Gasteiger partial charge on any atom is 0.262 e. The molecule has 4 aromatic carbocycles. The summed E-state index contributed by atoms with van der Waals surface area (Å²) in [5.41, 5.74) is 3.82. The third-order valence-electron chi connectivity index (χ3n) is 8.06. The summed E-state index contributed by atoms with van der Waals surface area (Å²) < 4.78 is 35.9. The van der Waals surface area contributed by atoms with Crippen LogP contribution in [0.3, 0.4) is 0 Å². The highest BCUT2D eigenvalue weighted by Crippen LogP contribution is 2.36. The smallest absolute Gasteiger partial charge is 0.262 e. The Morgan fingerprint density at radius 2 is 1.64 bits per heavy atom. The number of hydrogen-bond acceptors (Lipinski definition) is 6. The van der Waals surface area contributed by atoms with Crippen LogP contribution in [0.1, 0.15) is 29.8 Å². The minimum Gasteiger partial charge on any atom is -0.486 e. The lowest BCUT2D eigenvalue weighted by Crippen LogP contribution is -2.49. The average molecular weight is 648 g/mol. The lowest BCUT2D eigenvalue weighted by molar-refractivity contribution is 0.0344. The fraction of sp³-hybridized carbons (Fsp3) is 0.286. The largest absolute Gasteiger partial charge is 0.486 e. The van der Waals surface area contributed by atoms with E-state index in [0.29, 0.717) is 24.7 Å². The van der Waals surface area contributed by atoms with E-state index >= 15 is 0 Å². The molecule has 2 N–H and O–H groups in total. The second-order valence-electron chi connectivity index (χ2n) is 11.6. The van der Waals surface area contributed by atoms with E-state index in [0.717, 1.165) is 16.7 Å². The number of anilines is 1. The average Bonchev–Trinajstić information content (AvgIpc) is 3.03. The van der Waals surface area contributed by atoms with Crippen LogP contribution in [0.2, 0.25) is 5.02 Å². The Balaban J connectivity index is 1.42. The molecular formula is C35H38ClN3O5S. The number of ether oxygens (including phenoxy) is 1. The second kappa shape index (κ2) is 14.0. The molecule has 0 radical (unpaired) electrons.